The lowest BCUT2D eigenvalue weighted by atomic mass is 10.2. The van der Waals surface area contributed by atoms with Gasteiger partial charge in [0.1, 0.15) is 12.4 Å². The summed E-state index contributed by atoms with van der Waals surface area (Å²) in [5.74, 6) is -1.57. The largest absolute Gasteiger partial charge is 0.480 e. The Bertz CT molecular complexity index is 503. The number of halogens is 1. The standard InChI is InChI=1S/C13H15FN2O3/c1-3-6-16(8-12(17)18)13(19)15-10-5-4-9(2)11(14)7-10/h3-5,7H,1,6,8H2,2H3,(H,15,19)(H,17,18). The third kappa shape index (κ3) is 4.42. The normalized spacial score (nSPS) is 9.79. The van der Waals surface area contributed by atoms with E-state index in [4.69, 9.17) is 5.11 Å². The van der Waals surface area contributed by atoms with Gasteiger partial charge in [0.2, 0.25) is 0 Å². The summed E-state index contributed by atoms with van der Waals surface area (Å²) in [6.07, 6.45) is 1.41. The summed E-state index contributed by atoms with van der Waals surface area (Å²) >= 11 is 0. The van der Waals surface area contributed by atoms with E-state index < -0.39 is 24.4 Å². The Labute approximate surface area is 110 Å². The number of carbonyl (C=O) groups is 2. The maximum atomic E-state index is 13.3. The molecule has 0 bridgehead atoms. The van der Waals surface area contributed by atoms with Crippen molar-refractivity contribution >= 4 is 17.7 Å². The van der Waals surface area contributed by atoms with Crippen LogP contribution in [-0.2, 0) is 4.79 Å². The molecule has 2 amide bonds. The molecule has 102 valence electrons. The van der Waals surface area contributed by atoms with E-state index in [9.17, 15) is 14.0 Å². The van der Waals surface area contributed by atoms with Gasteiger partial charge in [-0.1, -0.05) is 12.1 Å². The van der Waals surface area contributed by atoms with Crippen molar-refractivity contribution in [1.29, 1.82) is 0 Å². The van der Waals surface area contributed by atoms with Crippen LogP contribution in [0.15, 0.2) is 30.9 Å². The molecule has 0 unspecified atom stereocenters. The highest BCUT2D eigenvalue weighted by Gasteiger charge is 2.15. The van der Waals surface area contributed by atoms with Crippen LogP contribution in [-0.4, -0.2) is 35.1 Å². The summed E-state index contributed by atoms with van der Waals surface area (Å²) in [6, 6.07) is 3.63. The fourth-order valence-electron chi connectivity index (χ4n) is 1.41. The molecule has 1 aromatic carbocycles. The molecule has 0 atom stereocenters. The lowest BCUT2D eigenvalue weighted by molar-refractivity contribution is -0.137. The number of rotatable bonds is 5. The molecule has 2 N–H and O–H groups in total. The van der Waals surface area contributed by atoms with Gasteiger partial charge >= 0.3 is 12.0 Å². The van der Waals surface area contributed by atoms with Crippen LogP contribution in [0.5, 0.6) is 0 Å². The van der Waals surface area contributed by atoms with E-state index in [1.807, 2.05) is 0 Å². The highest BCUT2D eigenvalue weighted by atomic mass is 19.1. The molecule has 0 fully saturated rings. The Morgan fingerprint density at radius 1 is 1.53 bits per heavy atom. The van der Waals surface area contributed by atoms with E-state index in [1.165, 1.54) is 18.2 Å². The number of hydrogen-bond donors (Lipinski definition) is 2. The van der Waals surface area contributed by atoms with Gasteiger partial charge in [-0.3, -0.25) is 4.79 Å². The van der Waals surface area contributed by atoms with Gasteiger partial charge < -0.3 is 15.3 Å². The Morgan fingerprint density at radius 2 is 2.21 bits per heavy atom. The molecular formula is C13H15FN2O3. The van der Waals surface area contributed by atoms with Crippen LogP contribution >= 0.6 is 0 Å². The lowest BCUT2D eigenvalue weighted by Gasteiger charge is -2.19. The number of urea groups is 1. The quantitative estimate of drug-likeness (QED) is 0.803. The summed E-state index contributed by atoms with van der Waals surface area (Å²) in [4.78, 5) is 23.5. The van der Waals surface area contributed by atoms with E-state index in [2.05, 4.69) is 11.9 Å². The highest BCUT2D eigenvalue weighted by molar-refractivity contribution is 5.91. The average molecular weight is 266 g/mol. The monoisotopic (exact) mass is 266 g/mol. The number of benzene rings is 1. The molecular weight excluding hydrogens is 251 g/mol. The van der Waals surface area contributed by atoms with Crippen LogP contribution in [0.4, 0.5) is 14.9 Å². The third-order valence-electron chi connectivity index (χ3n) is 2.39. The molecule has 0 aliphatic heterocycles. The minimum absolute atomic E-state index is 0.0898. The first kappa shape index (κ1) is 14.7. The number of nitrogens with one attached hydrogen (secondary N) is 1. The van der Waals surface area contributed by atoms with Gasteiger partial charge in [0.25, 0.3) is 0 Å². The Morgan fingerprint density at radius 3 is 2.74 bits per heavy atom. The zero-order chi connectivity index (χ0) is 14.4. The SMILES string of the molecule is C=CCN(CC(=O)O)C(=O)Nc1ccc(C)c(F)c1. The number of carbonyl (C=O) groups excluding carboxylic acids is 1. The van der Waals surface area contributed by atoms with E-state index in [0.29, 0.717) is 5.56 Å². The van der Waals surface area contributed by atoms with Gasteiger partial charge in [-0.2, -0.15) is 0 Å². The minimum Gasteiger partial charge on any atom is -0.480 e. The van der Waals surface area contributed by atoms with E-state index in [-0.39, 0.29) is 12.2 Å². The summed E-state index contributed by atoms with van der Waals surface area (Å²) in [5.41, 5.74) is 0.735. The van der Waals surface area contributed by atoms with Gasteiger partial charge in [-0.15, -0.1) is 6.58 Å². The van der Waals surface area contributed by atoms with Gasteiger partial charge in [-0.25, -0.2) is 9.18 Å². The Kier molecular flexibility index (Phi) is 5.05. The molecule has 1 rings (SSSR count). The van der Waals surface area contributed by atoms with Crippen molar-refractivity contribution in [1.82, 2.24) is 4.90 Å². The molecule has 6 heteroatoms. The zero-order valence-electron chi connectivity index (χ0n) is 10.5. The summed E-state index contributed by atoms with van der Waals surface area (Å²) in [7, 11) is 0. The number of carboxylic acid groups (broad SMARTS) is 1. The lowest BCUT2D eigenvalue weighted by Crippen LogP contribution is -2.38. The number of carboxylic acids is 1. The first-order chi connectivity index (χ1) is 8.93. The van der Waals surface area contributed by atoms with Crippen molar-refractivity contribution < 1.29 is 19.1 Å². The van der Waals surface area contributed by atoms with Crippen LogP contribution in [0.1, 0.15) is 5.56 Å². The van der Waals surface area contributed by atoms with Gasteiger partial charge in [0, 0.05) is 12.2 Å². The molecule has 0 radical (unpaired) electrons. The molecule has 5 nitrogen and oxygen atoms in total. The molecule has 0 aromatic heterocycles. The second-order valence-corrected chi connectivity index (χ2v) is 3.96. The van der Waals surface area contributed by atoms with Crippen molar-refractivity contribution in [3.63, 3.8) is 0 Å². The number of amides is 2. The average Bonchev–Trinajstić information content (AvgIpc) is 2.33. The fraction of sp³-hybridized carbons (Fsp3) is 0.231. The number of aryl methyl sites for hydroxylation is 1. The minimum atomic E-state index is -1.13. The third-order valence-corrected chi connectivity index (χ3v) is 2.39. The first-order valence-corrected chi connectivity index (χ1v) is 5.58. The second kappa shape index (κ2) is 6.53. The molecule has 0 saturated heterocycles. The van der Waals surface area contributed by atoms with E-state index >= 15 is 0 Å². The Balaban J connectivity index is 2.77. The van der Waals surface area contributed by atoms with Crippen LogP contribution in [0, 0.1) is 12.7 Å². The van der Waals surface area contributed by atoms with Crippen molar-refractivity contribution in [2.75, 3.05) is 18.4 Å². The summed E-state index contributed by atoms with van der Waals surface area (Å²) in [6.45, 7) is 4.69. The van der Waals surface area contributed by atoms with Crippen molar-refractivity contribution in [2.24, 2.45) is 0 Å². The fourth-order valence-corrected chi connectivity index (χ4v) is 1.41. The molecule has 0 aliphatic rings. The van der Waals surface area contributed by atoms with Crippen LogP contribution in [0.3, 0.4) is 0 Å². The van der Waals surface area contributed by atoms with Gasteiger partial charge in [0.05, 0.1) is 0 Å². The number of anilines is 1. The van der Waals surface area contributed by atoms with Crippen molar-refractivity contribution in [3.8, 4) is 0 Å². The smallest absolute Gasteiger partial charge is 0.323 e. The zero-order valence-corrected chi connectivity index (χ0v) is 10.5. The maximum Gasteiger partial charge on any atom is 0.323 e. The molecule has 0 heterocycles. The topological polar surface area (TPSA) is 69.6 Å². The maximum absolute atomic E-state index is 13.3. The van der Waals surface area contributed by atoms with E-state index in [1.54, 1.807) is 13.0 Å². The predicted octanol–water partition coefficient (Wildman–Crippen LogP) is 2.24. The van der Waals surface area contributed by atoms with Gasteiger partial charge in [-0.05, 0) is 24.6 Å². The molecule has 0 saturated carbocycles. The summed E-state index contributed by atoms with van der Waals surface area (Å²) < 4.78 is 13.3. The first-order valence-electron chi connectivity index (χ1n) is 5.58. The predicted molar refractivity (Wildman–Crippen MR) is 69.6 cm³/mol. The van der Waals surface area contributed by atoms with Crippen LogP contribution in [0.2, 0.25) is 0 Å². The molecule has 1 aromatic rings. The molecule has 0 aliphatic carbocycles. The Hall–Kier alpha value is -2.37. The number of aliphatic carboxylic acids is 1. The molecule has 19 heavy (non-hydrogen) atoms. The van der Waals surface area contributed by atoms with Crippen LogP contribution in [0.25, 0.3) is 0 Å². The van der Waals surface area contributed by atoms with Crippen LogP contribution < -0.4 is 5.32 Å². The van der Waals surface area contributed by atoms with E-state index in [0.717, 1.165) is 4.90 Å². The van der Waals surface area contributed by atoms with Crippen molar-refractivity contribution in [3.05, 3.63) is 42.2 Å². The molecule has 0 spiro atoms. The highest BCUT2D eigenvalue weighted by Crippen LogP contribution is 2.14. The summed E-state index contributed by atoms with van der Waals surface area (Å²) in [5, 5.41) is 11.1. The second-order valence-electron chi connectivity index (χ2n) is 3.96. The van der Waals surface area contributed by atoms with Gasteiger partial charge in [0.15, 0.2) is 0 Å². The number of nitrogens with zero attached hydrogens (tertiary/aromatic N) is 1. The van der Waals surface area contributed by atoms with Crippen molar-refractivity contribution in [2.45, 2.75) is 6.92 Å². The number of hydrogen-bond acceptors (Lipinski definition) is 2.